The Morgan fingerprint density at radius 1 is 1.24 bits per heavy atom. The summed E-state index contributed by atoms with van der Waals surface area (Å²) in [4.78, 5) is 9.08. The average Bonchev–Trinajstić information content (AvgIpc) is 2.43. The van der Waals surface area contributed by atoms with E-state index < -0.39 is 0 Å². The summed E-state index contributed by atoms with van der Waals surface area (Å²) in [5.74, 6) is 1.85. The minimum Gasteiger partial charge on any atom is -0.396 e. The smallest absolute Gasteiger partial charge is 0.137 e. The van der Waals surface area contributed by atoms with Crippen LogP contribution in [0.2, 0.25) is 5.15 Å². The Morgan fingerprint density at radius 3 is 2.52 bits per heavy atom. The molecular weight excluding hydrogens is 286 g/mol. The van der Waals surface area contributed by atoms with Gasteiger partial charge in [0.1, 0.15) is 16.8 Å². The van der Waals surface area contributed by atoms with Crippen molar-refractivity contribution in [1.29, 1.82) is 0 Å². The van der Waals surface area contributed by atoms with Gasteiger partial charge in [-0.3, -0.25) is 0 Å². The van der Waals surface area contributed by atoms with Gasteiger partial charge in [0.2, 0.25) is 0 Å². The minimum absolute atomic E-state index is 0.142. The van der Waals surface area contributed by atoms with Crippen molar-refractivity contribution in [2.45, 2.75) is 64.8 Å². The molecule has 0 aromatic carbocycles. The topological polar surface area (TPSA) is 58.0 Å². The zero-order valence-electron chi connectivity index (χ0n) is 13.4. The zero-order valence-corrected chi connectivity index (χ0v) is 14.2. The first-order valence-corrected chi connectivity index (χ1v) is 8.12. The summed E-state index contributed by atoms with van der Waals surface area (Å²) in [6.07, 6.45) is 4.52. The number of anilines is 1. The van der Waals surface area contributed by atoms with Crippen LogP contribution in [0, 0.1) is 12.8 Å². The number of nitrogens with zero attached hydrogens (tertiary/aromatic N) is 2. The highest BCUT2D eigenvalue weighted by molar-refractivity contribution is 6.30. The Morgan fingerprint density at radius 2 is 1.90 bits per heavy atom. The van der Waals surface area contributed by atoms with Gasteiger partial charge in [0.15, 0.2) is 0 Å². The lowest BCUT2D eigenvalue weighted by atomic mass is 9.85. The predicted molar refractivity (Wildman–Crippen MR) is 86.9 cm³/mol. The predicted octanol–water partition coefficient (Wildman–Crippen LogP) is 3.70. The maximum atomic E-state index is 9.55. The lowest BCUT2D eigenvalue weighted by molar-refractivity contribution is 0.178. The average molecular weight is 312 g/mol. The molecule has 2 atom stereocenters. The van der Waals surface area contributed by atoms with Gasteiger partial charge in [0.05, 0.1) is 0 Å². The third kappa shape index (κ3) is 3.86. The van der Waals surface area contributed by atoms with Gasteiger partial charge in [0.25, 0.3) is 0 Å². The largest absolute Gasteiger partial charge is 0.396 e. The number of hydrogen-bond acceptors (Lipinski definition) is 4. The number of halogens is 1. The van der Waals surface area contributed by atoms with Crippen LogP contribution in [0.4, 0.5) is 5.82 Å². The standard InChI is InChI=1S/C16H26ClN3O/c1-10-13(17)19-15(16(2,3)4)20-14(10)18-12-8-6-5-7-11(12)9-21/h11-12,21H,5-9H2,1-4H3,(H,18,19,20). The Hall–Kier alpha value is -0.870. The summed E-state index contributed by atoms with van der Waals surface area (Å²) in [7, 11) is 0. The van der Waals surface area contributed by atoms with Gasteiger partial charge >= 0.3 is 0 Å². The van der Waals surface area contributed by atoms with E-state index in [-0.39, 0.29) is 18.1 Å². The molecule has 0 amide bonds. The SMILES string of the molecule is Cc1c(Cl)nc(C(C)(C)C)nc1NC1CCCCC1CO. The van der Waals surface area contributed by atoms with E-state index >= 15 is 0 Å². The molecule has 118 valence electrons. The summed E-state index contributed by atoms with van der Waals surface area (Å²) in [5, 5.41) is 13.6. The van der Waals surface area contributed by atoms with Gasteiger partial charge in [-0.1, -0.05) is 45.2 Å². The van der Waals surface area contributed by atoms with Crippen LogP contribution in [0.15, 0.2) is 0 Å². The molecule has 0 aliphatic heterocycles. The molecule has 2 rings (SSSR count). The summed E-state index contributed by atoms with van der Waals surface area (Å²) < 4.78 is 0. The van der Waals surface area contributed by atoms with Gasteiger partial charge in [0, 0.05) is 29.5 Å². The summed E-state index contributed by atoms with van der Waals surface area (Å²) in [6.45, 7) is 8.40. The van der Waals surface area contributed by atoms with E-state index in [1.54, 1.807) is 0 Å². The van der Waals surface area contributed by atoms with E-state index in [4.69, 9.17) is 11.6 Å². The molecule has 1 aromatic heterocycles. The molecule has 1 saturated carbocycles. The number of rotatable bonds is 3. The Labute approximate surface area is 132 Å². The normalized spacial score (nSPS) is 23.1. The van der Waals surface area contributed by atoms with Gasteiger partial charge in [-0.05, 0) is 19.8 Å². The second-order valence-corrected chi connectivity index (χ2v) is 7.40. The number of aromatic nitrogens is 2. The van der Waals surface area contributed by atoms with Crippen LogP contribution in [0.5, 0.6) is 0 Å². The van der Waals surface area contributed by atoms with Crippen molar-refractivity contribution in [2.75, 3.05) is 11.9 Å². The molecule has 2 N–H and O–H groups in total. The van der Waals surface area contributed by atoms with E-state index in [2.05, 4.69) is 36.1 Å². The molecule has 1 aromatic rings. The van der Waals surface area contributed by atoms with Crippen molar-refractivity contribution in [3.05, 3.63) is 16.5 Å². The van der Waals surface area contributed by atoms with Crippen molar-refractivity contribution in [1.82, 2.24) is 9.97 Å². The number of aliphatic hydroxyl groups is 1. The second-order valence-electron chi connectivity index (χ2n) is 7.04. The van der Waals surface area contributed by atoms with Crippen molar-refractivity contribution in [3.63, 3.8) is 0 Å². The molecular formula is C16H26ClN3O. The Kier molecular flexibility index (Phi) is 5.10. The monoisotopic (exact) mass is 311 g/mol. The van der Waals surface area contributed by atoms with Gasteiger partial charge in [-0.25, -0.2) is 9.97 Å². The molecule has 2 unspecified atom stereocenters. The lowest BCUT2D eigenvalue weighted by Gasteiger charge is -2.32. The third-order valence-corrected chi connectivity index (χ3v) is 4.59. The van der Waals surface area contributed by atoms with E-state index in [0.717, 1.165) is 30.0 Å². The van der Waals surface area contributed by atoms with Crippen LogP contribution in [-0.2, 0) is 5.41 Å². The Bertz CT molecular complexity index is 499. The molecule has 0 spiro atoms. The fourth-order valence-corrected chi connectivity index (χ4v) is 2.93. The number of aliphatic hydroxyl groups excluding tert-OH is 1. The third-order valence-electron chi connectivity index (χ3n) is 4.22. The van der Waals surface area contributed by atoms with Crippen LogP contribution in [0.3, 0.4) is 0 Å². The molecule has 1 aliphatic carbocycles. The molecule has 1 heterocycles. The molecule has 0 bridgehead atoms. The van der Waals surface area contributed by atoms with Crippen LogP contribution in [0.25, 0.3) is 0 Å². The van der Waals surface area contributed by atoms with E-state index in [1.807, 2.05) is 6.92 Å². The van der Waals surface area contributed by atoms with Crippen LogP contribution in [0.1, 0.15) is 57.8 Å². The van der Waals surface area contributed by atoms with E-state index in [0.29, 0.717) is 11.1 Å². The van der Waals surface area contributed by atoms with E-state index in [9.17, 15) is 5.11 Å². The van der Waals surface area contributed by atoms with E-state index in [1.165, 1.54) is 12.8 Å². The fourth-order valence-electron chi connectivity index (χ4n) is 2.76. The molecule has 21 heavy (non-hydrogen) atoms. The molecule has 5 heteroatoms. The van der Waals surface area contributed by atoms with Crippen molar-refractivity contribution in [3.8, 4) is 0 Å². The summed E-state index contributed by atoms with van der Waals surface area (Å²) >= 11 is 6.27. The second kappa shape index (κ2) is 6.49. The molecule has 1 aliphatic rings. The highest BCUT2D eigenvalue weighted by Gasteiger charge is 2.27. The van der Waals surface area contributed by atoms with Crippen LogP contribution >= 0.6 is 11.6 Å². The maximum absolute atomic E-state index is 9.55. The highest BCUT2D eigenvalue weighted by Crippen LogP contribution is 2.30. The molecule has 0 radical (unpaired) electrons. The zero-order chi connectivity index (χ0) is 15.6. The van der Waals surface area contributed by atoms with Crippen molar-refractivity contribution in [2.24, 2.45) is 5.92 Å². The molecule has 4 nitrogen and oxygen atoms in total. The lowest BCUT2D eigenvalue weighted by Crippen LogP contribution is -2.35. The quantitative estimate of drug-likeness (QED) is 0.836. The first kappa shape index (κ1) is 16.5. The highest BCUT2D eigenvalue weighted by atomic mass is 35.5. The first-order valence-electron chi connectivity index (χ1n) is 7.75. The van der Waals surface area contributed by atoms with Crippen molar-refractivity contribution < 1.29 is 5.11 Å². The fraction of sp³-hybridized carbons (Fsp3) is 0.750. The van der Waals surface area contributed by atoms with Crippen molar-refractivity contribution >= 4 is 17.4 Å². The summed E-state index contributed by atoms with van der Waals surface area (Å²) in [5.41, 5.74) is 0.739. The minimum atomic E-state index is -0.142. The molecule has 0 saturated heterocycles. The first-order chi connectivity index (χ1) is 9.82. The Balaban J connectivity index is 2.28. The number of nitrogens with one attached hydrogen (secondary N) is 1. The van der Waals surface area contributed by atoms with Crippen LogP contribution < -0.4 is 5.32 Å². The van der Waals surface area contributed by atoms with Gasteiger partial charge in [-0.15, -0.1) is 0 Å². The summed E-state index contributed by atoms with van der Waals surface area (Å²) in [6, 6.07) is 0.265. The molecule has 1 fully saturated rings. The number of hydrogen-bond donors (Lipinski definition) is 2. The maximum Gasteiger partial charge on any atom is 0.137 e. The van der Waals surface area contributed by atoms with Crippen LogP contribution in [-0.4, -0.2) is 27.7 Å². The van der Waals surface area contributed by atoms with Gasteiger partial charge < -0.3 is 10.4 Å². The van der Waals surface area contributed by atoms with Gasteiger partial charge in [-0.2, -0.15) is 0 Å².